The monoisotopic (exact) mass is 156 g/mol. The maximum absolute atomic E-state index is 3.47. The summed E-state index contributed by atoms with van der Waals surface area (Å²) in [4.78, 5) is 2.56. The summed E-state index contributed by atoms with van der Waals surface area (Å²) in [5.74, 6) is 0. The largest absolute Gasteiger partial charge is 0.311 e. The summed E-state index contributed by atoms with van der Waals surface area (Å²) in [5, 5.41) is 3.47. The van der Waals surface area contributed by atoms with Crippen LogP contribution in [-0.2, 0) is 0 Å². The van der Waals surface area contributed by atoms with Gasteiger partial charge < -0.3 is 5.32 Å². The van der Waals surface area contributed by atoms with Crippen molar-refractivity contribution in [2.45, 2.75) is 45.8 Å². The predicted octanol–water partition coefficient (Wildman–Crippen LogP) is 1.08. The molecule has 0 aromatic rings. The van der Waals surface area contributed by atoms with Crippen molar-refractivity contribution in [1.29, 1.82) is 0 Å². The van der Waals surface area contributed by atoms with Gasteiger partial charge in [-0.05, 0) is 27.7 Å². The lowest BCUT2D eigenvalue weighted by Crippen LogP contribution is -2.57. The second-order valence-corrected chi connectivity index (χ2v) is 3.81. The standard InChI is InChI=1S/C9H20N2/c1-7(2)11-6-5-10-8(3)9(11)4/h7-10H,5-6H2,1-4H3/t8?,9-/m0/s1. The van der Waals surface area contributed by atoms with Gasteiger partial charge in [0.05, 0.1) is 0 Å². The first kappa shape index (κ1) is 9.01. The minimum atomic E-state index is 0.645. The van der Waals surface area contributed by atoms with Gasteiger partial charge in [-0.3, -0.25) is 4.90 Å². The van der Waals surface area contributed by atoms with Crippen molar-refractivity contribution < 1.29 is 0 Å². The first-order valence-electron chi connectivity index (χ1n) is 4.62. The molecule has 0 spiro atoms. The smallest absolute Gasteiger partial charge is 0.0221 e. The second-order valence-electron chi connectivity index (χ2n) is 3.81. The summed E-state index contributed by atoms with van der Waals surface area (Å²) in [6, 6.07) is 2.02. The number of nitrogens with zero attached hydrogens (tertiary/aromatic N) is 1. The van der Waals surface area contributed by atoms with Crippen LogP contribution in [0.3, 0.4) is 0 Å². The summed E-state index contributed by atoms with van der Waals surface area (Å²) in [5.41, 5.74) is 0. The van der Waals surface area contributed by atoms with Crippen LogP contribution in [0.1, 0.15) is 27.7 Å². The van der Waals surface area contributed by atoms with E-state index in [1.807, 2.05) is 0 Å². The summed E-state index contributed by atoms with van der Waals surface area (Å²) >= 11 is 0. The van der Waals surface area contributed by atoms with Crippen LogP contribution in [0.5, 0.6) is 0 Å². The zero-order valence-corrected chi connectivity index (χ0v) is 8.09. The number of nitrogens with one attached hydrogen (secondary N) is 1. The van der Waals surface area contributed by atoms with Crippen LogP contribution in [0.4, 0.5) is 0 Å². The van der Waals surface area contributed by atoms with E-state index in [-0.39, 0.29) is 0 Å². The Morgan fingerprint density at radius 1 is 1.36 bits per heavy atom. The SMILES string of the molecule is CC1NCCN(C(C)C)[C@H]1C. The molecular weight excluding hydrogens is 136 g/mol. The first-order valence-corrected chi connectivity index (χ1v) is 4.62. The van der Waals surface area contributed by atoms with E-state index in [1.165, 1.54) is 6.54 Å². The third-order valence-corrected chi connectivity index (χ3v) is 2.75. The van der Waals surface area contributed by atoms with Gasteiger partial charge in [0.15, 0.2) is 0 Å². The van der Waals surface area contributed by atoms with Crippen molar-refractivity contribution in [3.05, 3.63) is 0 Å². The summed E-state index contributed by atoms with van der Waals surface area (Å²) in [7, 11) is 0. The number of hydrogen-bond donors (Lipinski definition) is 1. The van der Waals surface area contributed by atoms with E-state index in [9.17, 15) is 0 Å². The van der Waals surface area contributed by atoms with Gasteiger partial charge in [0, 0.05) is 31.2 Å². The minimum absolute atomic E-state index is 0.645. The molecule has 2 heteroatoms. The molecule has 0 radical (unpaired) electrons. The lowest BCUT2D eigenvalue weighted by Gasteiger charge is -2.41. The molecule has 0 amide bonds. The Hall–Kier alpha value is -0.0800. The Kier molecular flexibility index (Phi) is 2.90. The molecule has 0 aromatic heterocycles. The number of rotatable bonds is 1. The van der Waals surface area contributed by atoms with Gasteiger partial charge in [0.25, 0.3) is 0 Å². The van der Waals surface area contributed by atoms with Crippen molar-refractivity contribution in [3.63, 3.8) is 0 Å². The Balaban J connectivity index is 2.51. The third kappa shape index (κ3) is 1.94. The van der Waals surface area contributed by atoms with Crippen LogP contribution in [0.15, 0.2) is 0 Å². The molecule has 2 nitrogen and oxygen atoms in total. The normalized spacial score (nSPS) is 34.6. The molecular formula is C9H20N2. The molecule has 1 saturated heterocycles. The highest BCUT2D eigenvalue weighted by Gasteiger charge is 2.25. The van der Waals surface area contributed by atoms with E-state index in [1.54, 1.807) is 0 Å². The Labute approximate surface area is 70.0 Å². The molecule has 0 aromatic carbocycles. The zero-order valence-electron chi connectivity index (χ0n) is 8.09. The third-order valence-electron chi connectivity index (χ3n) is 2.75. The number of hydrogen-bond acceptors (Lipinski definition) is 2. The molecule has 1 heterocycles. The Morgan fingerprint density at radius 3 is 2.45 bits per heavy atom. The van der Waals surface area contributed by atoms with Crippen molar-refractivity contribution in [2.24, 2.45) is 0 Å². The summed E-state index contributed by atoms with van der Waals surface area (Å²) in [6.07, 6.45) is 0. The van der Waals surface area contributed by atoms with Crippen LogP contribution < -0.4 is 5.32 Å². The highest BCUT2D eigenvalue weighted by Crippen LogP contribution is 2.11. The fourth-order valence-electron chi connectivity index (χ4n) is 1.81. The molecule has 1 rings (SSSR count). The Morgan fingerprint density at radius 2 is 2.00 bits per heavy atom. The van der Waals surface area contributed by atoms with E-state index in [2.05, 4.69) is 37.9 Å². The van der Waals surface area contributed by atoms with E-state index >= 15 is 0 Å². The van der Waals surface area contributed by atoms with Gasteiger partial charge >= 0.3 is 0 Å². The van der Waals surface area contributed by atoms with Crippen molar-refractivity contribution in [2.75, 3.05) is 13.1 Å². The molecule has 1 fully saturated rings. The second kappa shape index (κ2) is 3.55. The van der Waals surface area contributed by atoms with E-state index in [0.717, 1.165) is 6.54 Å². The lowest BCUT2D eigenvalue weighted by atomic mass is 10.1. The van der Waals surface area contributed by atoms with Crippen molar-refractivity contribution in [1.82, 2.24) is 10.2 Å². The molecule has 1 aliphatic rings. The molecule has 0 saturated carbocycles. The van der Waals surface area contributed by atoms with E-state index < -0.39 is 0 Å². The first-order chi connectivity index (χ1) is 5.13. The molecule has 0 aliphatic carbocycles. The molecule has 2 atom stereocenters. The lowest BCUT2D eigenvalue weighted by molar-refractivity contribution is 0.105. The minimum Gasteiger partial charge on any atom is -0.311 e. The quantitative estimate of drug-likeness (QED) is 0.611. The van der Waals surface area contributed by atoms with Gasteiger partial charge in [0.2, 0.25) is 0 Å². The van der Waals surface area contributed by atoms with Gasteiger partial charge in [0.1, 0.15) is 0 Å². The van der Waals surface area contributed by atoms with Gasteiger partial charge in [-0.25, -0.2) is 0 Å². The highest BCUT2D eigenvalue weighted by molar-refractivity contribution is 4.84. The van der Waals surface area contributed by atoms with Crippen LogP contribution >= 0.6 is 0 Å². The summed E-state index contributed by atoms with van der Waals surface area (Å²) < 4.78 is 0. The molecule has 1 unspecified atom stereocenters. The Bertz CT molecular complexity index is 123. The fraction of sp³-hybridized carbons (Fsp3) is 1.00. The summed E-state index contributed by atoms with van der Waals surface area (Å²) in [6.45, 7) is 11.5. The predicted molar refractivity (Wildman–Crippen MR) is 48.8 cm³/mol. The maximum Gasteiger partial charge on any atom is 0.0221 e. The highest BCUT2D eigenvalue weighted by atomic mass is 15.2. The number of piperazine rings is 1. The molecule has 0 bridgehead atoms. The average Bonchev–Trinajstić information content (AvgIpc) is 1.94. The van der Waals surface area contributed by atoms with Crippen LogP contribution in [0, 0.1) is 0 Å². The van der Waals surface area contributed by atoms with E-state index in [4.69, 9.17) is 0 Å². The van der Waals surface area contributed by atoms with Gasteiger partial charge in [-0.15, -0.1) is 0 Å². The van der Waals surface area contributed by atoms with Crippen LogP contribution in [0.2, 0.25) is 0 Å². The van der Waals surface area contributed by atoms with Gasteiger partial charge in [-0.2, -0.15) is 0 Å². The molecule has 11 heavy (non-hydrogen) atoms. The van der Waals surface area contributed by atoms with Gasteiger partial charge in [-0.1, -0.05) is 0 Å². The van der Waals surface area contributed by atoms with Crippen LogP contribution in [-0.4, -0.2) is 36.1 Å². The topological polar surface area (TPSA) is 15.3 Å². The average molecular weight is 156 g/mol. The van der Waals surface area contributed by atoms with Crippen LogP contribution in [0.25, 0.3) is 0 Å². The van der Waals surface area contributed by atoms with E-state index in [0.29, 0.717) is 18.1 Å². The van der Waals surface area contributed by atoms with Crippen molar-refractivity contribution >= 4 is 0 Å². The van der Waals surface area contributed by atoms with Crippen molar-refractivity contribution in [3.8, 4) is 0 Å². The maximum atomic E-state index is 3.47. The molecule has 66 valence electrons. The fourth-order valence-corrected chi connectivity index (χ4v) is 1.81. The molecule has 1 aliphatic heterocycles. The molecule has 1 N–H and O–H groups in total. The zero-order chi connectivity index (χ0) is 8.43.